The van der Waals surface area contributed by atoms with Crippen molar-refractivity contribution in [2.45, 2.75) is 64.2 Å². The lowest BCUT2D eigenvalue weighted by atomic mass is 9.55. The molecule has 1 heteroatoms. The molecular weight excluding hydrogens is 295 g/mol. The Kier molecular flexibility index (Phi) is 4.79. The Morgan fingerprint density at radius 1 is 0.833 bits per heavy atom. The summed E-state index contributed by atoms with van der Waals surface area (Å²) in [7, 11) is 0. The maximum absolute atomic E-state index is 13.2. The van der Waals surface area contributed by atoms with Gasteiger partial charge in [0.1, 0.15) is 5.82 Å². The summed E-state index contributed by atoms with van der Waals surface area (Å²) >= 11 is 0. The summed E-state index contributed by atoms with van der Waals surface area (Å²) in [5.41, 5.74) is 1.37. The minimum absolute atomic E-state index is 0.106. The maximum Gasteiger partial charge on any atom is 0.123 e. The van der Waals surface area contributed by atoms with Gasteiger partial charge in [0.15, 0.2) is 0 Å². The molecular formula is C23H31F. The SMILES string of the molecule is CC=CC1CCC2C(CCC3CC(c4ccc(F)cc4)CCC32)C1. The molecule has 0 heterocycles. The number of hydrogen-bond acceptors (Lipinski definition) is 0. The topological polar surface area (TPSA) is 0 Å². The fourth-order valence-electron chi connectivity index (χ4n) is 6.32. The lowest BCUT2D eigenvalue weighted by Crippen LogP contribution is -2.41. The number of halogens is 1. The highest BCUT2D eigenvalue weighted by molar-refractivity contribution is 5.21. The highest BCUT2D eigenvalue weighted by atomic mass is 19.1. The van der Waals surface area contributed by atoms with Crippen LogP contribution in [0, 0.1) is 35.4 Å². The van der Waals surface area contributed by atoms with Gasteiger partial charge in [0.2, 0.25) is 0 Å². The van der Waals surface area contributed by atoms with Gasteiger partial charge in [-0.1, -0.05) is 24.3 Å². The van der Waals surface area contributed by atoms with Gasteiger partial charge in [0.25, 0.3) is 0 Å². The number of hydrogen-bond donors (Lipinski definition) is 0. The first-order valence-electron chi connectivity index (χ1n) is 10.1. The highest BCUT2D eigenvalue weighted by Gasteiger charge is 2.44. The number of allylic oxidation sites excluding steroid dienone is 2. The van der Waals surface area contributed by atoms with Crippen LogP contribution in [-0.2, 0) is 0 Å². The standard InChI is InChI=1S/C23H31F/c1-2-3-16-4-12-22-19(14-16)5-6-20-15-18(9-13-23(20)22)17-7-10-21(24)11-8-17/h2-3,7-8,10-11,16,18-20,22-23H,4-6,9,12-15H2,1H3. The molecule has 24 heavy (non-hydrogen) atoms. The predicted octanol–water partition coefficient (Wildman–Crippen LogP) is 6.73. The summed E-state index contributed by atoms with van der Waals surface area (Å²) in [6.45, 7) is 2.17. The first-order chi connectivity index (χ1) is 11.7. The van der Waals surface area contributed by atoms with Gasteiger partial charge in [-0.15, -0.1) is 0 Å². The zero-order valence-electron chi connectivity index (χ0n) is 15.0. The minimum atomic E-state index is -0.106. The molecule has 6 atom stereocenters. The Balaban J connectivity index is 1.42. The lowest BCUT2D eigenvalue weighted by molar-refractivity contribution is 0.0127. The molecule has 6 unspecified atom stereocenters. The van der Waals surface area contributed by atoms with Crippen LogP contribution in [0.5, 0.6) is 0 Å². The van der Waals surface area contributed by atoms with Crippen LogP contribution in [-0.4, -0.2) is 0 Å². The second kappa shape index (κ2) is 7.02. The summed E-state index contributed by atoms with van der Waals surface area (Å²) in [6, 6.07) is 7.32. The normalized spacial score (nSPS) is 39.4. The zero-order valence-corrected chi connectivity index (χ0v) is 15.0. The molecule has 0 bridgehead atoms. The van der Waals surface area contributed by atoms with Gasteiger partial charge in [-0.3, -0.25) is 0 Å². The molecule has 3 aliphatic carbocycles. The van der Waals surface area contributed by atoms with Crippen molar-refractivity contribution in [1.82, 2.24) is 0 Å². The van der Waals surface area contributed by atoms with E-state index in [0.717, 1.165) is 29.6 Å². The van der Waals surface area contributed by atoms with Crippen molar-refractivity contribution < 1.29 is 4.39 Å². The second-order valence-electron chi connectivity index (χ2n) is 8.59. The molecule has 0 saturated heterocycles. The first kappa shape index (κ1) is 16.4. The van der Waals surface area contributed by atoms with E-state index >= 15 is 0 Å². The average Bonchev–Trinajstić information content (AvgIpc) is 2.62. The van der Waals surface area contributed by atoms with E-state index in [4.69, 9.17) is 0 Å². The van der Waals surface area contributed by atoms with Gasteiger partial charge < -0.3 is 0 Å². The second-order valence-corrected chi connectivity index (χ2v) is 8.59. The van der Waals surface area contributed by atoms with E-state index in [9.17, 15) is 4.39 Å². The maximum atomic E-state index is 13.2. The number of benzene rings is 1. The Hall–Kier alpha value is -1.11. The van der Waals surface area contributed by atoms with Gasteiger partial charge in [0, 0.05) is 0 Å². The van der Waals surface area contributed by atoms with Gasteiger partial charge in [-0.25, -0.2) is 4.39 Å². The molecule has 3 aliphatic rings. The van der Waals surface area contributed by atoms with Gasteiger partial charge in [0.05, 0.1) is 0 Å². The van der Waals surface area contributed by atoms with Crippen LogP contribution in [0.2, 0.25) is 0 Å². The summed E-state index contributed by atoms with van der Waals surface area (Å²) in [5, 5.41) is 0. The van der Waals surface area contributed by atoms with E-state index in [0.29, 0.717) is 5.92 Å². The van der Waals surface area contributed by atoms with Crippen molar-refractivity contribution in [3.05, 3.63) is 47.8 Å². The summed E-state index contributed by atoms with van der Waals surface area (Å²) in [5.74, 6) is 5.31. The van der Waals surface area contributed by atoms with Crippen LogP contribution in [0.4, 0.5) is 4.39 Å². The van der Waals surface area contributed by atoms with Gasteiger partial charge >= 0.3 is 0 Å². The third kappa shape index (κ3) is 3.19. The molecule has 3 fully saturated rings. The van der Waals surface area contributed by atoms with E-state index in [1.165, 1.54) is 56.9 Å². The highest BCUT2D eigenvalue weighted by Crippen LogP contribution is 2.54. The molecule has 0 spiro atoms. The molecule has 0 amide bonds. The van der Waals surface area contributed by atoms with Crippen molar-refractivity contribution in [1.29, 1.82) is 0 Å². The molecule has 1 aromatic rings. The van der Waals surface area contributed by atoms with Crippen LogP contribution < -0.4 is 0 Å². The van der Waals surface area contributed by atoms with E-state index in [2.05, 4.69) is 19.1 Å². The molecule has 0 N–H and O–H groups in total. The Bertz CT molecular complexity index is 572. The molecule has 0 aromatic heterocycles. The number of fused-ring (bicyclic) bond motifs is 3. The van der Waals surface area contributed by atoms with Crippen LogP contribution in [0.15, 0.2) is 36.4 Å². The van der Waals surface area contributed by atoms with E-state index in [-0.39, 0.29) is 5.82 Å². The minimum Gasteiger partial charge on any atom is -0.207 e. The Morgan fingerprint density at radius 3 is 2.21 bits per heavy atom. The zero-order chi connectivity index (χ0) is 16.5. The monoisotopic (exact) mass is 326 g/mol. The van der Waals surface area contributed by atoms with Gasteiger partial charge in [-0.05, 0) is 111 Å². The molecule has 4 rings (SSSR count). The van der Waals surface area contributed by atoms with Crippen LogP contribution >= 0.6 is 0 Å². The fourth-order valence-corrected chi connectivity index (χ4v) is 6.32. The molecule has 130 valence electrons. The van der Waals surface area contributed by atoms with Crippen molar-refractivity contribution in [3.63, 3.8) is 0 Å². The fraction of sp³-hybridized carbons (Fsp3) is 0.652. The smallest absolute Gasteiger partial charge is 0.123 e. The quantitative estimate of drug-likeness (QED) is 0.529. The third-order valence-electron chi connectivity index (χ3n) is 7.39. The Morgan fingerprint density at radius 2 is 1.50 bits per heavy atom. The Labute approximate surface area is 146 Å². The molecule has 3 saturated carbocycles. The van der Waals surface area contributed by atoms with E-state index in [1.54, 1.807) is 12.1 Å². The van der Waals surface area contributed by atoms with Crippen molar-refractivity contribution in [3.8, 4) is 0 Å². The van der Waals surface area contributed by atoms with Gasteiger partial charge in [-0.2, -0.15) is 0 Å². The largest absolute Gasteiger partial charge is 0.207 e. The number of rotatable bonds is 2. The predicted molar refractivity (Wildman–Crippen MR) is 98.3 cm³/mol. The molecule has 0 aliphatic heterocycles. The summed E-state index contributed by atoms with van der Waals surface area (Å²) in [4.78, 5) is 0. The van der Waals surface area contributed by atoms with E-state index in [1.807, 2.05) is 12.1 Å². The van der Waals surface area contributed by atoms with Crippen molar-refractivity contribution >= 4 is 0 Å². The summed E-state index contributed by atoms with van der Waals surface area (Å²) < 4.78 is 13.2. The third-order valence-corrected chi connectivity index (χ3v) is 7.39. The molecule has 1 aromatic carbocycles. The average molecular weight is 326 g/mol. The molecule has 0 radical (unpaired) electrons. The van der Waals surface area contributed by atoms with E-state index < -0.39 is 0 Å². The summed E-state index contributed by atoms with van der Waals surface area (Å²) in [6.07, 6.45) is 16.0. The van der Waals surface area contributed by atoms with Crippen molar-refractivity contribution in [2.24, 2.45) is 29.6 Å². The van der Waals surface area contributed by atoms with Crippen LogP contribution in [0.25, 0.3) is 0 Å². The lowest BCUT2D eigenvalue weighted by Gasteiger charge is -2.50. The van der Waals surface area contributed by atoms with Crippen molar-refractivity contribution in [2.75, 3.05) is 0 Å². The molecule has 0 nitrogen and oxygen atoms in total. The van der Waals surface area contributed by atoms with Crippen LogP contribution in [0.3, 0.4) is 0 Å². The van der Waals surface area contributed by atoms with Crippen LogP contribution in [0.1, 0.15) is 69.8 Å². The first-order valence-corrected chi connectivity index (χ1v) is 10.1.